The van der Waals surface area contributed by atoms with E-state index in [0.29, 0.717) is 17.8 Å². The Morgan fingerprint density at radius 3 is 2.43 bits per heavy atom. The minimum Gasteiger partial charge on any atom is -0.344 e. The van der Waals surface area contributed by atoms with Gasteiger partial charge in [-0.05, 0) is 31.5 Å². The van der Waals surface area contributed by atoms with E-state index in [1.54, 1.807) is 0 Å². The van der Waals surface area contributed by atoms with Crippen LogP contribution in [0.1, 0.15) is 34.2 Å². The van der Waals surface area contributed by atoms with E-state index in [1.807, 2.05) is 50.2 Å². The number of hydrogen-bond donors (Lipinski definition) is 1. The summed E-state index contributed by atoms with van der Waals surface area (Å²) in [6, 6.07) is 14.8. The van der Waals surface area contributed by atoms with E-state index >= 15 is 0 Å². The van der Waals surface area contributed by atoms with Gasteiger partial charge in [0.2, 0.25) is 5.91 Å². The molecule has 144 valence electrons. The fourth-order valence-electron chi connectivity index (χ4n) is 3.26. The van der Waals surface area contributed by atoms with E-state index < -0.39 is 0 Å². The SMILES string of the molecule is CC(=O)Nc1ccc(=O)n(CC(=O)c2cc(C)n(Cc3ccccc3)c2C)c1. The highest BCUT2D eigenvalue weighted by molar-refractivity contribution is 5.97. The first-order valence-electron chi connectivity index (χ1n) is 9.07. The molecule has 0 atom stereocenters. The van der Waals surface area contributed by atoms with Gasteiger partial charge < -0.3 is 14.5 Å². The Labute approximate surface area is 163 Å². The zero-order valence-electron chi connectivity index (χ0n) is 16.2. The second kappa shape index (κ2) is 8.08. The molecule has 1 amide bonds. The highest BCUT2D eigenvalue weighted by atomic mass is 16.2. The smallest absolute Gasteiger partial charge is 0.251 e. The van der Waals surface area contributed by atoms with E-state index in [9.17, 15) is 14.4 Å². The number of hydrogen-bond acceptors (Lipinski definition) is 3. The monoisotopic (exact) mass is 377 g/mol. The van der Waals surface area contributed by atoms with Crippen LogP contribution in [0, 0.1) is 13.8 Å². The third-order valence-corrected chi connectivity index (χ3v) is 4.68. The van der Waals surface area contributed by atoms with Crippen molar-refractivity contribution < 1.29 is 9.59 Å². The van der Waals surface area contributed by atoms with Gasteiger partial charge in [-0.3, -0.25) is 14.4 Å². The molecule has 28 heavy (non-hydrogen) atoms. The van der Waals surface area contributed by atoms with Gasteiger partial charge in [-0.2, -0.15) is 0 Å². The van der Waals surface area contributed by atoms with Crippen molar-refractivity contribution >= 4 is 17.4 Å². The van der Waals surface area contributed by atoms with Crippen LogP contribution < -0.4 is 10.9 Å². The van der Waals surface area contributed by atoms with Crippen molar-refractivity contribution in [2.24, 2.45) is 0 Å². The summed E-state index contributed by atoms with van der Waals surface area (Å²) in [4.78, 5) is 36.2. The number of nitrogens with zero attached hydrogens (tertiary/aromatic N) is 2. The normalized spacial score (nSPS) is 10.7. The van der Waals surface area contributed by atoms with E-state index in [2.05, 4.69) is 9.88 Å². The van der Waals surface area contributed by atoms with Gasteiger partial charge in [0.25, 0.3) is 5.56 Å². The molecule has 1 aromatic carbocycles. The van der Waals surface area contributed by atoms with Crippen LogP contribution in [0.25, 0.3) is 0 Å². The molecule has 3 aromatic rings. The first kappa shape index (κ1) is 19.4. The van der Waals surface area contributed by atoms with Crippen LogP contribution in [0.3, 0.4) is 0 Å². The maximum atomic E-state index is 12.9. The number of ketones is 1. The number of pyridine rings is 1. The minimum absolute atomic E-state index is 0.0815. The molecular formula is C22H23N3O3. The van der Waals surface area contributed by atoms with E-state index in [1.165, 1.54) is 29.8 Å². The molecule has 0 fully saturated rings. The zero-order chi connectivity index (χ0) is 20.3. The second-order valence-electron chi connectivity index (χ2n) is 6.84. The summed E-state index contributed by atoms with van der Waals surface area (Å²) in [6.07, 6.45) is 1.49. The summed E-state index contributed by atoms with van der Waals surface area (Å²) >= 11 is 0. The van der Waals surface area contributed by atoms with Crippen molar-refractivity contribution in [2.45, 2.75) is 33.9 Å². The molecule has 0 saturated heterocycles. The molecule has 2 heterocycles. The summed E-state index contributed by atoms with van der Waals surface area (Å²) in [5.74, 6) is -0.379. The largest absolute Gasteiger partial charge is 0.344 e. The van der Waals surface area contributed by atoms with Crippen molar-refractivity contribution in [1.29, 1.82) is 0 Å². The molecule has 0 unspecified atom stereocenters. The first-order valence-corrected chi connectivity index (χ1v) is 9.07. The summed E-state index contributed by atoms with van der Waals surface area (Å²) in [7, 11) is 0. The molecule has 0 radical (unpaired) electrons. The van der Waals surface area contributed by atoms with Crippen LogP contribution in [0.4, 0.5) is 5.69 Å². The fraction of sp³-hybridized carbons (Fsp3) is 0.227. The summed E-state index contributed by atoms with van der Waals surface area (Å²) < 4.78 is 3.41. The second-order valence-corrected chi connectivity index (χ2v) is 6.84. The number of benzene rings is 1. The van der Waals surface area contributed by atoms with Gasteiger partial charge >= 0.3 is 0 Å². The zero-order valence-corrected chi connectivity index (χ0v) is 16.2. The average Bonchev–Trinajstić information content (AvgIpc) is 2.93. The van der Waals surface area contributed by atoms with Crippen molar-refractivity contribution in [2.75, 3.05) is 5.32 Å². The maximum Gasteiger partial charge on any atom is 0.251 e. The molecule has 2 aromatic heterocycles. The Bertz CT molecular complexity index is 1080. The standard InChI is InChI=1S/C22H23N3O3/c1-15-11-20(16(2)25(15)12-18-7-5-4-6-8-18)21(27)14-24-13-19(23-17(3)26)9-10-22(24)28/h4-11,13H,12,14H2,1-3H3,(H,23,26). The molecule has 0 spiro atoms. The van der Waals surface area contributed by atoms with E-state index in [0.717, 1.165) is 17.0 Å². The number of aryl methyl sites for hydroxylation is 1. The van der Waals surface area contributed by atoms with Gasteiger partial charge in [-0.15, -0.1) is 0 Å². The van der Waals surface area contributed by atoms with Crippen LogP contribution in [-0.2, 0) is 17.9 Å². The fourth-order valence-corrected chi connectivity index (χ4v) is 3.26. The molecule has 0 bridgehead atoms. The molecule has 0 aliphatic rings. The third-order valence-electron chi connectivity index (χ3n) is 4.68. The average molecular weight is 377 g/mol. The molecule has 1 N–H and O–H groups in total. The number of amides is 1. The maximum absolute atomic E-state index is 12.9. The highest BCUT2D eigenvalue weighted by Crippen LogP contribution is 2.18. The quantitative estimate of drug-likeness (QED) is 0.671. The third kappa shape index (κ3) is 4.28. The number of aromatic nitrogens is 2. The lowest BCUT2D eigenvalue weighted by Crippen LogP contribution is -2.24. The van der Waals surface area contributed by atoms with Gasteiger partial charge in [-0.1, -0.05) is 30.3 Å². The van der Waals surface area contributed by atoms with Gasteiger partial charge in [-0.25, -0.2) is 0 Å². The van der Waals surface area contributed by atoms with Crippen LogP contribution in [-0.4, -0.2) is 20.8 Å². The van der Waals surface area contributed by atoms with Crippen LogP contribution in [0.5, 0.6) is 0 Å². The minimum atomic E-state index is -0.291. The lowest BCUT2D eigenvalue weighted by atomic mass is 10.1. The molecule has 0 aliphatic heterocycles. The van der Waals surface area contributed by atoms with Gasteiger partial charge in [0.15, 0.2) is 5.78 Å². The van der Waals surface area contributed by atoms with E-state index in [4.69, 9.17) is 0 Å². The van der Waals surface area contributed by atoms with Gasteiger partial charge in [0.1, 0.15) is 0 Å². The first-order chi connectivity index (χ1) is 13.3. The lowest BCUT2D eigenvalue weighted by Gasteiger charge is -2.11. The Hall–Kier alpha value is -3.41. The highest BCUT2D eigenvalue weighted by Gasteiger charge is 2.17. The van der Waals surface area contributed by atoms with Crippen molar-refractivity contribution in [3.05, 3.63) is 87.6 Å². The van der Waals surface area contributed by atoms with Crippen LogP contribution in [0.15, 0.2) is 59.5 Å². The molecule has 0 aliphatic carbocycles. The number of nitrogens with one attached hydrogen (secondary N) is 1. The molecular weight excluding hydrogens is 354 g/mol. The Kier molecular flexibility index (Phi) is 5.59. The summed E-state index contributed by atoms with van der Waals surface area (Å²) in [6.45, 7) is 5.88. The number of carbonyl (C=O) groups excluding carboxylic acids is 2. The predicted octanol–water partition coefficient (Wildman–Crippen LogP) is 3.16. The Balaban J connectivity index is 1.85. The van der Waals surface area contributed by atoms with Crippen molar-refractivity contribution in [3.8, 4) is 0 Å². The lowest BCUT2D eigenvalue weighted by molar-refractivity contribution is -0.114. The summed E-state index contributed by atoms with van der Waals surface area (Å²) in [5.41, 5.74) is 3.81. The van der Waals surface area contributed by atoms with E-state index in [-0.39, 0.29) is 23.8 Å². The number of anilines is 1. The molecule has 0 saturated carbocycles. The molecule has 6 heteroatoms. The molecule has 3 rings (SSSR count). The van der Waals surface area contributed by atoms with Crippen LogP contribution in [0.2, 0.25) is 0 Å². The van der Waals surface area contributed by atoms with Gasteiger partial charge in [0, 0.05) is 42.7 Å². The number of rotatable bonds is 6. The number of carbonyl (C=O) groups is 2. The van der Waals surface area contributed by atoms with Crippen LogP contribution >= 0.6 is 0 Å². The van der Waals surface area contributed by atoms with Gasteiger partial charge in [0.05, 0.1) is 12.2 Å². The molecule has 6 nitrogen and oxygen atoms in total. The Morgan fingerprint density at radius 2 is 1.75 bits per heavy atom. The van der Waals surface area contributed by atoms with Crippen molar-refractivity contribution in [1.82, 2.24) is 9.13 Å². The predicted molar refractivity (Wildman–Crippen MR) is 109 cm³/mol. The summed E-state index contributed by atoms with van der Waals surface area (Å²) in [5, 5.41) is 2.62. The Morgan fingerprint density at radius 1 is 1.04 bits per heavy atom. The van der Waals surface area contributed by atoms with Crippen molar-refractivity contribution in [3.63, 3.8) is 0 Å². The number of Topliss-reactive ketones (excluding diaryl/α,β-unsaturated/α-hetero) is 1. The topological polar surface area (TPSA) is 73.1 Å².